The van der Waals surface area contributed by atoms with Crippen LogP contribution in [0.3, 0.4) is 0 Å². The highest BCUT2D eigenvalue weighted by atomic mass is 32.2. The van der Waals surface area contributed by atoms with E-state index in [4.69, 9.17) is 0 Å². The fourth-order valence-corrected chi connectivity index (χ4v) is 4.29. The van der Waals surface area contributed by atoms with Gasteiger partial charge in [-0.3, -0.25) is 4.79 Å². The topological polar surface area (TPSA) is 93.9 Å². The monoisotopic (exact) mass is 304 g/mol. The zero-order valence-electron chi connectivity index (χ0n) is 10.7. The molecule has 1 aliphatic rings. The number of amides is 1. The molecule has 7 nitrogen and oxygen atoms in total. The second kappa shape index (κ2) is 5.49. The van der Waals surface area contributed by atoms with Crippen LogP contribution < -0.4 is 5.32 Å². The Bertz CT molecular complexity index is 569. The summed E-state index contributed by atoms with van der Waals surface area (Å²) in [6.07, 6.45) is 2.06. The number of carbonyl (C=O) groups is 1. The molecule has 0 spiro atoms. The van der Waals surface area contributed by atoms with E-state index < -0.39 is 9.84 Å². The Morgan fingerprint density at radius 1 is 1.63 bits per heavy atom. The van der Waals surface area contributed by atoms with E-state index in [0.29, 0.717) is 11.6 Å². The van der Waals surface area contributed by atoms with E-state index in [1.165, 1.54) is 11.8 Å². The molecule has 106 valence electrons. The first-order valence-corrected chi connectivity index (χ1v) is 8.59. The number of carbonyl (C=O) groups excluding carboxylic acids is 1. The van der Waals surface area contributed by atoms with Crippen molar-refractivity contribution >= 4 is 27.5 Å². The number of nitrogens with one attached hydrogen (secondary N) is 1. The quantitative estimate of drug-likeness (QED) is 0.761. The zero-order valence-corrected chi connectivity index (χ0v) is 12.4. The van der Waals surface area contributed by atoms with E-state index in [1.54, 1.807) is 24.9 Å². The molecule has 1 aliphatic heterocycles. The summed E-state index contributed by atoms with van der Waals surface area (Å²) < 4.78 is 24.4. The average molecular weight is 304 g/mol. The molecular formula is C10H16N4O3S2. The first kappa shape index (κ1) is 14.3. The summed E-state index contributed by atoms with van der Waals surface area (Å²) in [6.45, 7) is 1.76. The molecule has 9 heteroatoms. The fourth-order valence-electron chi connectivity index (χ4n) is 1.82. The number of aromatic nitrogens is 3. The Balaban J connectivity index is 1.88. The van der Waals surface area contributed by atoms with Gasteiger partial charge in [-0.05, 0) is 13.3 Å². The molecule has 0 aromatic carbocycles. The van der Waals surface area contributed by atoms with Crippen LogP contribution in [0.5, 0.6) is 0 Å². The van der Waals surface area contributed by atoms with Gasteiger partial charge in [0.05, 0.1) is 16.8 Å². The van der Waals surface area contributed by atoms with Crippen molar-refractivity contribution in [3.8, 4) is 0 Å². The molecule has 1 N–H and O–H groups in total. The van der Waals surface area contributed by atoms with Gasteiger partial charge in [0.1, 0.15) is 6.33 Å². The summed E-state index contributed by atoms with van der Waals surface area (Å²) in [7, 11) is -1.17. The molecule has 1 saturated heterocycles. The highest BCUT2D eigenvalue weighted by Gasteiger charge is 2.30. The Hall–Kier alpha value is -1.09. The van der Waals surface area contributed by atoms with Crippen LogP contribution in [0.4, 0.5) is 0 Å². The standard InChI is InChI=1S/C10H16N4O3S2/c1-7(18-10-13-11-6-14(10)2)9(15)12-8-3-4-19(16,17)5-8/h6-8H,3-5H2,1-2H3,(H,12,15)/t7-,8-/m1/s1. The predicted octanol–water partition coefficient (Wildman–Crippen LogP) is -0.401. The van der Waals surface area contributed by atoms with Crippen molar-refractivity contribution in [2.75, 3.05) is 11.5 Å². The number of hydrogen-bond donors (Lipinski definition) is 1. The lowest BCUT2D eigenvalue weighted by Crippen LogP contribution is -2.40. The molecule has 1 fully saturated rings. The van der Waals surface area contributed by atoms with Crippen molar-refractivity contribution in [2.24, 2.45) is 7.05 Å². The van der Waals surface area contributed by atoms with Gasteiger partial charge >= 0.3 is 0 Å². The highest BCUT2D eigenvalue weighted by Crippen LogP contribution is 2.20. The number of rotatable bonds is 4. The van der Waals surface area contributed by atoms with Crippen LogP contribution in [0.15, 0.2) is 11.5 Å². The Kier molecular flexibility index (Phi) is 4.14. The molecule has 0 unspecified atom stereocenters. The zero-order chi connectivity index (χ0) is 14.0. The van der Waals surface area contributed by atoms with E-state index in [9.17, 15) is 13.2 Å². The van der Waals surface area contributed by atoms with Crippen molar-refractivity contribution in [1.29, 1.82) is 0 Å². The van der Waals surface area contributed by atoms with E-state index >= 15 is 0 Å². The van der Waals surface area contributed by atoms with Crippen LogP contribution in [0.1, 0.15) is 13.3 Å². The number of sulfone groups is 1. The fraction of sp³-hybridized carbons (Fsp3) is 0.700. The molecule has 1 aromatic rings. The van der Waals surface area contributed by atoms with Gasteiger partial charge in [-0.25, -0.2) is 8.42 Å². The van der Waals surface area contributed by atoms with Crippen LogP contribution in [0, 0.1) is 0 Å². The molecule has 2 heterocycles. The van der Waals surface area contributed by atoms with Crippen molar-refractivity contribution in [3.63, 3.8) is 0 Å². The second-order valence-electron chi connectivity index (χ2n) is 4.59. The van der Waals surface area contributed by atoms with Crippen LogP contribution in [-0.2, 0) is 21.7 Å². The minimum absolute atomic E-state index is 0.0418. The van der Waals surface area contributed by atoms with Gasteiger partial charge in [-0.2, -0.15) is 0 Å². The van der Waals surface area contributed by atoms with Crippen molar-refractivity contribution < 1.29 is 13.2 Å². The van der Waals surface area contributed by atoms with Gasteiger partial charge in [-0.1, -0.05) is 11.8 Å². The van der Waals surface area contributed by atoms with Gasteiger partial charge in [0.2, 0.25) is 5.91 Å². The number of hydrogen-bond acceptors (Lipinski definition) is 6. The molecule has 0 radical (unpaired) electrons. The van der Waals surface area contributed by atoms with Gasteiger partial charge in [-0.15, -0.1) is 10.2 Å². The number of nitrogens with zero attached hydrogens (tertiary/aromatic N) is 3. The highest BCUT2D eigenvalue weighted by molar-refractivity contribution is 8.00. The minimum Gasteiger partial charge on any atom is -0.351 e. The Morgan fingerprint density at radius 3 is 2.89 bits per heavy atom. The summed E-state index contributed by atoms with van der Waals surface area (Å²) in [5.74, 6) is 0.0261. The summed E-state index contributed by atoms with van der Waals surface area (Å²) in [5, 5.41) is 10.7. The molecular weight excluding hydrogens is 288 g/mol. The van der Waals surface area contributed by atoms with Crippen LogP contribution in [-0.4, -0.2) is 51.9 Å². The molecule has 2 atom stereocenters. The van der Waals surface area contributed by atoms with Gasteiger partial charge in [0.25, 0.3) is 0 Å². The lowest BCUT2D eigenvalue weighted by atomic mass is 10.2. The summed E-state index contributed by atoms with van der Waals surface area (Å²) >= 11 is 1.30. The number of thioether (sulfide) groups is 1. The van der Waals surface area contributed by atoms with Crippen LogP contribution in [0.25, 0.3) is 0 Å². The maximum atomic E-state index is 12.0. The third-order valence-corrected chi connectivity index (χ3v) is 5.82. The molecule has 1 aromatic heterocycles. The average Bonchev–Trinajstić information content (AvgIpc) is 2.86. The summed E-state index contributed by atoms with van der Waals surface area (Å²) in [6, 6.07) is -0.264. The second-order valence-corrected chi connectivity index (χ2v) is 8.13. The predicted molar refractivity (Wildman–Crippen MR) is 71.5 cm³/mol. The summed E-state index contributed by atoms with van der Waals surface area (Å²) in [5.41, 5.74) is 0. The molecule has 0 bridgehead atoms. The van der Waals surface area contributed by atoms with Crippen molar-refractivity contribution in [1.82, 2.24) is 20.1 Å². The van der Waals surface area contributed by atoms with Crippen molar-refractivity contribution in [3.05, 3.63) is 6.33 Å². The van der Waals surface area contributed by atoms with E-state index in [-0.39, 0.29) is 28.7 Å². The third kappa shape index (κ3) is 3.69. The molecule has 0 saturated carbocycles. The first-order valence-electron chi connectivity index (χ1n) is 5.89. The van der Waals surface area contributed by atoms with E-state index in [1.807, 2.05) is 0 Å². The maximum absolute atomic E-state index is 12.0. The van der Waals surface area contributed by atoms with Crippen LogP contribution in [0.2, 0.25) is 0 Å². The Labute approximate surface area is 116 Å². The van der Waals surface area contributed by atoms with E-state index in [2.05, 4.69) is 15.5 Å². The number of aryl methyl sites for hydroxylation is 1. The first-order chi connectivity index (χ1) is 8.87. The summed E-state index contributed by atoms with van der Waals surface area (Å²) in [4.78, 5) is 12.0. The maximum Gasteiger partial charge on any atom is 0.233 e. The molecule has 2 rings (SSSR count). The van der Waals surface area contributed by atoms with Gasteiger partial charge in [0.15, 0.2) is 15.0 Å². The minimum atomic E-state index is -2.97. The third-order valence-electron chi connectivity index (χ3n) is 2.90. The van der Waals surface area contributed by atoms with Gasteiger partial charge in [0, 0.05) is 13.1 Å². The molecule has 1 amide bonds. The largest absolute Gasteiger partial charge is 0.351 e. The van der Waals surface area contributed by atoms with Gasteiger partial charge < -0.3 is 9.88 Å². The lowest BCUT2D eigenvalue weighted by Gasteiger charge is -2.15. The smallest absolute Gasteiger partial charge is 0.233 e. The normalized spacial score (nSPS) is 23.2. The van der Waals surface area contributed by atoms with Crippen molar-refractivity contribution in [2.45, 2.75) is 29.8 Å². The molecule has 0 aliphatic carbocycles. The molecule has 19 heavy (non-hydrogen) atoms. The van der Waals surface area contributed by atoms with E-state index in [0.717, 1.165) is 0 Å². The van der Waals surface area contributed by atoms with Crippen LogP contribution >= 0.6 is 11.8 Å². The lowest BCUT2D eigenvalue weighted by molar-refractivity contribution is -0.120. The Morgan fingerprint density at radius 2 is 2.37 bits per heavy atom. The SMILES string of the molecule is C[C@@H](Sc1nncn1C)C(=O)N[C@@H]1CCS(=O)(=O)C1.